The molecule has 2 saturated heterocycles. The van der Waals surface area contributed by atoms with Crippen molar-refractivity contribution in [1.29, 1.82) is 0 Å². The minimum Gasteiger partial charge on any atom is -0.314 e. The highest BCUT2D eigenvalue weighted by Gasteiger charge is 2.20. The Hall–Kier alpha value is -0.450. The molecule has 0 spiro atoms. The summed E-state index contributed by atoms with van der Waals surface area (Å²) in [6.07, 6.45) is 6.31. The largest absolute Gasteiger partial charge is 0.314 e. The molecule has 0 aliphatic carbocycles. The molecular formula is C12H19N3S. The Morgan fingerprint density at radius 3 is 2.88 bits per heavy atom. The molecule has 2 aliphatic heterocycles. The quantitative estimate of drug-likeness (QED) is 0.842. The third-order valence-electron chi connectivity index (χ3n) is 3.57. The molecule has 88 valence electrons. The molecule has 0 bridgehead atoms. The van der Waals surface area contributed by atoms with Crippen LogP contribution in [-0.2, 0) is 6.42 Å². The summed E-state index contributed by atoms with van der Waals surface area (Å²) in [6, 6.07) is 1.21. The molecule has 0 radical (unpaired) electrons. The Balaban J connectivity index is 1.62. The first-order valence-electron chi connectivity index (χ1n) is 6.33. The van der Waals surface area contributed by atoms with Crippen LogP contribution >= 0.6 is 11.3 Å². The average molecular weight is 237 g/mol. The van der Waals surface area contributed by atoms with Crippen molar-refractivity contribution in [3.05, 3.63) is 16.1 Å². The molecule has 0 amide bonds. The Labute approximate surface area is 101 Å². The number of nitrogens with one attached hydrogen (secondary N) is 2. The third-order valence-corrected chi connectivity index (χ3v) is 4.46. The summed E-state index contributed by atoms with van der Waals surface area (Å²) < 4.78 is 0. The standard InChI is InChI=1S/C12H19N3S/c1-3-9(13-5-1)7-12-15-11(8-16-12)10-4-2-6-14-10/h8-10,13-14H,1-7H2. The van der Waals surface area contributed by atoms with E-state index >= 15 is 0 Å². The van der Waals surface area contributed by atoms with E-state index in [1.807, 2.05) is 11.3 Å². The van der Waals surface area contributed by atoms with E-state index < -0.39 is 0 Å². The lowest BCUT2D eigenvalue weighted by atomic mass is 10.1. The predicted molar refractivity (Wildman–Crippen MR) is 66.8 cm³/mol. The van der Waals surface area contributed by atoms with Gasteiger partial charge in [0, 0.05) is 17.8 Å². The van der Waals surface area contributed by atoms with Gasteiger partial charge in [0.25, 0.3) is 0 Å². The smallest absolute Gasteiger partial charge is 0.0944 e. The van der Waals surface area contributed by atoms with Crippen molar-refractivity contribution < 1.29 is 0 Å². The lowest BCUT2D eigenvalue weighted by molar-refractivity contribution is 0.592. The molecule has 1 aromatic heterocycles. The first-order chi connectivity index (χ1) is 7.92. The molecule has 2 fully saturated rings. The van der Waals surface area contributed by atoms with Crippen LogP contribution in [0.25, 0.3) is 0 Å². The fourth-order valence-corrected chi connectivity index (χ4v) is 3.59. The van der Waals surface area contributed by atoms with Crippen molar-refractivity contribution in [2.24, 2.45) is 0 Å². The lowest BCUT2D eigenvalue weighted by Crippen LogP contribution is -2.23. The minimum absolute atomic E-state index is 0.529. The molecule has 3 heterocycles. The van der Waals surface area contributed by atoms with Crippen LogP contribution in [0.2, 0.25) is 0 Å². The maximum absolute atomic E-state index is 4.77. The highest BCUT2D eigenvalue weighted by molar-refractivity contribution is 7.09. The molecule has 2 unspecified atom stereocenters. The highest BCUT2D eigenvalue weighted by atomic mass is 32.1. The molecule has 3 rings (SSSR count). The van der Waals surface area contributed by atoms with Gasteiger partial charge in [0.2, 0.25) is 0 Å². The molecule has 2 N–H and O–H groups in total. The van der Waals surface area contributed by atoms with Crippen LogP contribution in [0.4, 0.5) is 0 Å². The fourth-order valence-electron chi connectivity index (χ4n) is 2.66. The molecule has 2 atom stereocenters. The van der Waals surface area contributed by atoms with Crippen molar-refractivity contribution in [2.75, 3.05) is 13.1 Å². The zero-order valence-electron chi connectivity index (χ0n) is 9.54. The Morgan fingerprint density at radius 2 is 2.12 bits per heavy atom. The molecule has 0 aromatic carbocycles. The van der Waals surface area contributed by atoms with E-state index in [1.165, 1.54) is 42.9 Å². The van der Waals surface area contributed by atoms with Gasteiger partial charge in [0.15, 0.2) is 0 Å². The summed E-state index contributed by atoms with van der Waals surface area (Å²) in [4.78, 5) is 4.77. The van der Waals surface area contributed by atoms with Crippen LogP contribution in [0, 0.1) is 0 Å². The van der Waals surface area contributed by atoms with Gasteiger partial charge in [-0.3, -0.25) is 0 Å². The number of hydrogen-bond acceptors (Lipinski definition) is 4. The van der Waals surface area contributed by atoms with E-state index in [1.54, 1.807) is 0 Å². The van der Waals surface area contributed by atoms with Crippen molar-refractivity contribution >= 4 is 11.3 Å². The highest BCUT2D eigenvalue weighted by Crippen LogP contribution is 2.25. The topological polar surface area (TPSA) is 37.0 Å². The Morgan fingerprint density at radius 1 is 1.25 bits per heavy atom. The number of nitrogens with zero attached hydrogens (tertiary/aromatic N) is 1. The van der Waals surface area contributed by atoms with Crippen LogP contribution in [-0.4, -0.2) is 24.1 Å². The van der Waals surface area contributed by atoms with Crippen LogP contribution < -0.4 is 10.6 Å². The monoisotopic (exact) mass is 237 g/mol. The molecule has 4 heteroatoms. The minimum atomic E-state index is 0.529. The van der Waals surface area contributed by atoms with Crippen molar-refractivity contribution in [3.63, 3.8) is 0 Å². The second-order valence-electron chi connectivity index (χ2n) is 4.81. The maximum atomic E-state index is 4.77. The van der Waals surface area contributed by atoms with Gasteiger partial charge < -0.3 is 10.6 Å². The predicted octanol–water partition coefficient (Wildman–Crippen LogP) is 1.86. The first kappa shape index (κ1) is 10.7. The van der Waals surface area contributed by atoms with Gasteiger partial charge in [-0.25, -0.2) is 4.98 Å². The van der Waals surface area contributed by atoms with Crippen molar-refractivity contribution in [2.45, 2.75) is 44.2 Å². The van der Waals surface area contributed by atoms with Crippen LogP contribution in [0.3, 0.4) is 0 Å². The number of thiazole rings is 1. The SMILES string of the molecule is c1sc(CC2CCCN2)nc1C1CCCN1. The van der Waals surface area contributed by atoms with Gasteiger partial charge in [0.1, 0.15) is 0 Å². The lowest BCUT2D eigenvalue weighted by Gasteiger charge is -2.07. The number of hydrogen-bond donors (Lipinski definition) is 2. The number of aromatic nitrogens is 1. The zero-order chi connectivity index (χ0) is 10.8. The second kappa shape index (κ2) is 4.82. The van der Waals surface area contributed by atoms with Gasteiger partial charge in [-0.1, -0.05) is 0 Å². The number of rotatable bonds is 3. The van der Waals surface area contributed by atoms with Crippen molar-refractivity contribution in [1.82, 2.24) is 15.6 Å². The summed E-state index contributed by atoms with van der Waals surface area (Å²) in [6.45, 7) is 2.34. The summed E-state index contributed by atoms with van der Waals surface area (Å²) in [5.41, 5.74) is 1.27. The van der Waals surface area contributed by atoms with Gasteiger partial charge in [-0.2, -0.15) is 0 Å². The molecule has 2 aliphatic rings. The van der Waals surface area contributed by atoms with E-state index in [4.69, 9.17) is 4.98 Å². The van der Waals surface area contributed by atoms with Gasteiger partial charge >= 0.3 is 0 Å². The summed E-state index contributed by atoms with van der Waals surface area (Å²) in [7, 11) is 0. The molecule has 16 heavy (non-hydrogen) atoms. The van der Waals surface area contributed by atoms with Crippen LogP contribution in [0.1, 0.15) is 42.4 Å². The maximum Gasteiger partial charge on any atom is 0.0944 e. The van der Waals surface area contributed by atoms with Crippen LogP contribution in [0.5, 0.6) is 0 Å². The molecule has 3 nitrogen and oxygen atoms in total. The third kappa shape index (κ3) is 2.29. The molecule has 0 saturated carbocycles. The normalized spacial score (nSPS) is 30.0. The van der Waals surface area contributed by atoms with E-state index in [2.05, 4.69) is 16.0 Å². The fraction of sp³-hybridized carbons (Fsp3) is 0.750. The second-order valence-corrected chi connectivity index (χ2v) is 5.76. The van der Waals surface area contributed by atoms with Gasteiger partial charge in [0.05, 0.1) is 16.7 Å². The Bertz CT molecular complexity index is 338. The summed E-state index contributed by atoms with van der Waals surface area (Å²) >= 11 is 1.83. The summed E-state index contributed by atoms with van der Waals surface area (Å²) in [5, 5.41) is 10.6. The van der Waals surface area contributed by atoms with E-state index in [9.17, 15) is 0 Å². The average Bonchev–Trinajstić information content (AvgIpc) is 2.99. The first-order valence-corrected chi connectivity index (χ1v) is 7.21. The van der Waals surface area contributed by atoms with Gasteiger partial charge in [-0.05, 0) is 38.8 Å². The van der Waals surface area contributed by atoms with Gasteiger partial charge in [-0.15, -0.1) is 11.3 Å². The summed E-state index contributed by atoms with van der Waals surface area (Å²) in [5.74, 6) is 0. The van der Waals surface area contributed by atoms with E-state index in [-0.39, 0.29) is 0 Å². The Kier molecular flexibility index (Phi) is 3.22. The van der Waals surface area contributed by atoms with Crippen LogP contribution in [0.15, 0.2) is 5.38 Å². The van der Waals surface area contributed by atoms with E-state index in [0.29, 0.717) is 12.1 Å². The molecule has 1 aromatic rings. The van der Waals surface area contributed by atoms with E-state index in [0.717, 1.165) is 13.0 Å². The van der Waals surface area contributed by atoms with Crippen molar-refractivity contribution in [3.8, 4) is 0 Å². The zero-order valence-corrected chi connectivity index (χ0v) is 10.4. The molecular weight excluding hydrogens is 218 g/mol.